The van der Waals surface area contributed by atoms with E-state index < -0.39 is 5.97 Å². The number of nitrogens with zero attached hydrogens (tertiary/aromatic N) is 1. The fraction of sp³-hybridized carbons (Fsp3) is 0.286. The van der Waals surface area contributed by atoms with Gasteiger partial charge in [0.25, 0.3) is 0 Å². The van der Waals surface area contributed by atoms with Gasteiger partial charge in [0.2, 0.25) is 0 Å². The van der Waals surface area contributed by atoms with Crippen LogP contribution in [0.25, 0.3) is 0 Å². The number of thiazole rings is 1. The maximum absolute atomic E-state index is 11.1. The summed E-state index contributed by atoms with van der Waals surface area (Å²) >= 11 is 1.18. The average Bonchev–Trinajstić information content (AvgIpc) is 2.78. The summed E-state index contributed by atoms with van der Waals surface area (Å²) in [7, 11) is 0. The van der Waals surface area contributed by atoms with Crippen LogP contribution in [0.5, 0.6) is 0 Å². The Morgan fingerprint density at radius 3 is 2.74 bits per heavy atom. The van der Waals surface area contributed by atoms with Crippen molar-refractivity contribution in [2.75, 3.05) is 5.32 Å². The van der Waals surface area contributed by atoms with Crippen LogP contribution in [0.3, 0.4) is 0 Å². The Hall–Kier alpha value is -1.88. The molecule has 0 amide bonds. The number of aromatic carboxylic acids is 1. The zero-order valence-electron chi connectivity index (χ0n) is 11.2. The smallest absolute Gasteiger partial charge is 0.347 e. The highest BCUT2D eigenvalue weighted by atomic mass is 32.1. The molecule has 2 rings (SSSR count). The zero-order valence-corrected chi connectivity index (χ0v) is 12.0. The van der Waals surface area contributed by atoms with Gasteiger partial charge < -0.3 is 10.4 Å². The Labute approximate surface area is 116 Å². The van der Waals surface area contributed by atoms with Crippen molar-refractivity contribution in [3.05, 3.63) is 39.9 Å². The van der Waals surface area contributed by atoms with Crippen LogP contribution in [-0.2, 0) is 6.42 Å². The molecule has 0 atom stereocenters. The van der Waals surface area contributed by atoms with E-state index in [-0.39, 0.29) is 0 Å². The van der Waals surface area contributed by atoms with Crippen LogP contribution < -0.4 is 5.32 Å². The van der Waals surface area contributed by atoms with Gasteiger partial charge in [0, 0.05) is 5.69 Å². The molecule has 5 heteroatoms. The fourth-order valence-electron chi connectivity index (χ4n) is 1.81. The van der Waals surface area contributed by atoms with Crippen LogP contribution in [0.2, 0.25) is 0 Å². The summed E-state index contributed by atoms with van der Waals surface area (Å²) in [4.78, 5) is 15.8. The van der Waals surface area contributed by atoms with E-state index in [1.807, 2.05) is 39.0 Å². The average molecular weight is 276 g/mol. The van der Waals surface area contributed by atoms with Crippen LogP contribution in [0.15, 0.2) is 18.2 Å². The Morgan fingerprint density at radius 1 is 1.42 bits per heavy atom. The van der Waals surface area contributed by atoms with Crippen molar-refractivity contribution in [3.8, 4) is 0 Å². The molecule has 0 radical (unpaired) electrons. The quantitative estimate of drug-likeness (QED) is 0.892. The molecule has 19 heavy (non-hydrogen) atoms. The van der Waals surface area contributed by atoms with Gasteiger partial charge >= 0.3 is 5.97 Å². The van der Waals surface area contributed by atoms with E-state index in [0.29, 0.717) is 22.1 Å². The summed E-state index contributed by atoms with van der Waals surface area (Å²) in [5.41, 5.74) is 3.93. The molecule has 1 aromatic heterocycles. The van der Waals surface area contributed by atoms with Crippen molar-refractivity contribution < 1.29 is 9.90 Å². The second kappa shape index (κ2) is 5.40. The highest BCUT2D eigenvalue weighted by molar-refractivity contribution is 7.17. The number of benzene rings is 1. The fourth-order valence-corrected chi connectivity index (χ4v) is 2.72. The molecule has 1 aromatic carbocycles. The largest absolute Gasteiger partial charge is 0.477 e. The van der Waals surface area contributed by atoms with Gasteiger partial charge in [-0.05, 0) is 37.5 Å². The summed E-state index contributed by atoms with van der Waals surface area (Å²) in [6.07, 6.45) is 0.618. The van der Waals surface area contributed by atoms with Gasteiger partial charge in [-0.15, -0.1) is 0 Å². The lowest BCUT2D eigenvalue weighted by Gasteiger charge is -2.08. The molecule has 0 saturated heterocycles. The van der Waals surface area contributed by atoms with E-state index in [2.05, 4.69) is 10.3 Å². The van der Waals surface area contributed by atoms with Crippen molar-refractivity contribution in [1.29, 1.82) is 0 Å². The number of carbonyl (C=O) groups is 1. The highest BCUT2D eigenvalue weighted by Crippen LogP contribution is 2.28. The van der Waals surface area contributed by atoms with Crippen molar-refractivity contribution in [2.45, 2.75) is 27.2 Å². The predicted molar refractivity (Wildman–Crippen MR) is 77.7 cm³/mol. The molecule has 2 N–H and O–H groups in total. The molecule has 0 aliphatic carbocycles. The minimum Gasteiger partial charge on any atom is -0.477 e. The first-order valence-corrected chi connectivity index (χ1v) is 6.90. The van der Waals surface area contributed by atoms with Gasteiger partial charge in [-0.2, -0.15) is 0 Å². The molecule has 0 aliphatic heterocycles. The normalized spacial score (nSPS) is 10.5. The molecule has 0 spiro atoms. The lowest BCUT2D eigenvalue weighted by Crippen LogP contribution is -1.97. The molecule has 0 aliphatic rings. The van der Waals surface area contributed by atoms with Crippen LogP contribution in [-0.4, -0.2) is 16.1 Å². The molecular formula is C14H16N2O2S. The number of carboxylic acid groups (broad SMARTS) is 1. The number of hydrogen-bond donors (Lipinski definition) is 2. The lowest BCUT2D eigenvalue weighted by molar-refractivity contribution is 0.0701. The second-order valence-corrected chi connectivity index (χ2v) is 5.33. The minimum absolute atomic E-state index is 0.315. The van der Waals surface area contributed by atoms with Crippen LogP contribution in [0, 0.1) is 13.8 Å². The number of rotatable bonds is 4. The zero-order chi connectivity index (χ0) is 14.0. The first-order valence-electron chi connectivity index (χ1n) is 6.09. The van der Waals surface area contributed by atoms with Gasteiger partial charge in [-0.25, -0.2) is 9.78 Å². The second-order valence-electron chi connectivity index (χ2n) is 4.33. The van der Waals surface area contributed by atoms with E-state index in [0.717, 1.165) is 11.3 Å². The molecule has 0 fully saturated rings. The van der Waals surface area contributed by atoms with E-state index in [4.69, 9.17) is 5.11 Å². The third-order valence-corrected chi connectivity index (χ3v) is 4.07. The maximum atomic E-state index is 11.1. The third-order valence-electron chi connectivity index (χ3n) is 3.07. The molecule has 2 aromatic rings. The van der Waals surface area contributed by atoms with Crippen LogP contribution >= 0.6 is 11.3 Å². The Morgan fingerprint density at radius 2 is 2.16 bits per heavy atom. The van der Waals surface area contributed by atoms with E-state index in [1.165, 1.54) is 16.9 Å². The number of aryl methyl sites for hydroxylation is 2. The summed E-state index contributed by atoms with van der Waals surface area (Å²) in [6.45, 7) is 5.98. The van der Waals surface area contributed by atoms with Crippen LogP contribution in [0.1, 0.15) is 33.4 Å². The molecule has 100 valence electrons. The lowest BCUT2D eigenvalue weighted by atomic mass is 10.1. The van der Waals surface area contributed by atoms with Crippen molar-refractivity contribution in [1.82, 2.24) is 4.98 Å². The molecular weight excluding hydrogens is 260 g/mol. The van der Waals surface area contributed by atoms with E-state index in [9.17, 15) is 4.79 Å². The Balaban J connectivity index is 2.33. The summed E-state index contributed by atoms with van der Waals surface area (Å²) in [6, 6.07) is 5.98. The number of hydrogen-bond acceptors (Lipinski definition) is 4. The summed E-state index contributed by atoms with van der Waals surface area (Å²) < 4.78 is 0. The number of aromatic nitrogens is 1. The Bertz CT molecular complexity index is 620. The SMILES string of the molecule is CCc1nc(Nc2cccc(C)c2C)sc1C(=O)O. The molecule has 1 heterocycles. The highest BCUT2D eigenvalue weighted by Gasteiger charge is 2.16. The minimum atomic E-state index is -0.914. The van der Waals surface area contributed by atoms with Gasteiger partial charge in [-0.1, -0.05) is 30.4 Å². The van der Waals surface area contributed by atoms with Crippen molar-refractivity contribution in [2.24, 2.45) is 0 Å². The first-order chi connectivity index (χ1) is 9.02. The Kier molecular flexibility index (Phi) is 3.85. The number of nitrogens with one attached hydrogen (secondary N) is 1. The van der Waals surface area contributed by atoms with Gasteiger partial charge in [-0.3, -0.25) is 0 Å². The molecule has 4 nitrogen and oxygen atoms in total. The van der Waals surface area contributed by atoms with Crippen LogP contribution in [0.4, 0.5) is 10.8 Å². The van der Waals surface area contributed by atoms with Gasteiger partial charge in [0.1, 0.15) is 4.88 Å². The standard InChI is InChI=1S/C14H16N2O2S/c1-4-10-12(13(17)18)19-14(15-10)16-11-7-5-6-8(2)9(11)3/h5-7H,4H2,1-3H3,(H,15,16)(H,17,18). The number of carboxylic acids is 1. The summed E-state index contributed by atoms with van der Waals surface area (Å²) in [5.74, 6) is -0.914. The van der Waals surface area contributed by atoms with Gasteiger partial charge in [0.05, 0.1) is 5.69 Å². The van der Waals surface area contributed by atoms with Crippen molar-refractivity contribution in [3.63, 3.8) is 0 Å². The molecule has 0 saturated carbocycles. The van der Waals surface area contributed by atoms with Crippen molar-refractivity contribution >= 4 is 28.1 Å². The maximum Gasteiger partial charge on any atom is 0.347 e. The third kappa shape index (κ3) is 2.76. The number of anilines is 2. The van der Waals surface area contributed by atoms with E-state index in [1.54, 1.807) is 0 Å². The van der Waals surface area contributed by atoms with Gasteiger partial charge in [0.15, 0.2) is 5.13 Å². The topological polar surface area (TPSA) is 62.2 Å². The molecule has 0 bridgehead atoms. The predicted octanol–water partition coefficient (Wildman–Crippen LogP) is 3.76. The molecule has 0 unspecified atom stereocenters. The first kappa shape index (κ1) is 13.5. The monoisotopic (exact) mass is 276 g/mol. The summed E-state index contributed by atoms with van der Waals surface area (Å²) in [5, 5.41) is 13.0. The van der Waals surface area contributed by atoms with E-state index >= 15 is 0 Å².